The maximum atomic E-state index is 14.1. The van der Waals surface area contributed by atoms with Gasteiger partial charge in [0.05, 0.1) is 19.1 Å². The van der Waals surface area contributed by atoms with Crippen LogP contribution in [0.5, 0.6) is 0 Å². The third-order valence-corrected chi connectivity index (χ3v) is 6.92. The van der Waals surface area contributed by atoms with Crippen molar-refractivity contribution in [1.82, 2.24) is 0 Å². The zero-order valence-corrected chi connectivity index (χ0v) is 18.3. The minimum absolute atomic E-state index is 0.0204. The number of allylic oxidation sites excluding steroid dienone is 1. The third kappa shape index (κ3) is 4.47. The van der Waals surface area contributed by atoms with Crippen LogP contribution in [0.3, 0.4) is 0 Å². The topological polar surface area (TPSA) is 66.8 Å². The molecule has 0 amide bonds. The summed E-state index contributed by atoms with van der Waals surface area (Å²) in [5.74, 6) is -0.846. The molecule has 2 aliphatic rings. The third-order valence-electron chi connectivity index (χ3n) is 5.61. The molecule has 0 spiro atoms. The van der Waals surface area contributed by atoms with Gasteiger partial charge >= 0.3 is 5.97 Å². The van der Waals surface area contributed by atoms with Crippen molar-refractivity contribution in [3.05, 3.63) is 82.7 Å². The summed E-state index contributed by atoms with van der Waals surface area (Å²) in [6.07, 6.45) is 2.96. The summed E-state index contributed by atoms with van der Waals surface area (Å²) in [7, 11) is 0. The van der Waals surface area contributed by atoms with E-state index in [1.165, 1.54) is 6.07 Å². The molecule has 31 heavy (non-hydrogen) atoms. The van der Waals surface area contributed by atoms with E-state index in [2.05, 4.69) is 19.9 Å². The Morgan fingerprint density at radius 1 is 1.26 bits per heavy atom. The summed E-state index contributed by atoms with van der Waals surface area (Å²) in [5.41, 5.74) is 4.04. The van der Waals surface area contributed by atoms with Gasteiger partial charge in [0.1, 0.15) is 11.9 Å². The number of rotatable bonds is 4. The Labute approximate surface area is 185 Å². The Morgan fingerprint density at radius 2 is 2.03 bits per heavy atom. The number of hydrogen-bond acceptors (Lipinski definition) is 5. The molecule has 0 unspecified atom stereocenters. The van der Waals surface area contributed by atoms with E-state index in [0.29, 0.717) is 6.42 Å². The molecule has 0 bridgehead atoms. The summed E-state index contributed by atoms with van der Waals surface area (Å²) in [5, 5.41) is 19.5. The van der Waals surface area contributed by atoms with Gasteiger partial charge in [-0.05, 0) is 60.4 Å². The second-order valence-electron chi connectivity index (χ2n) is 8.34. The summed E-state index contributed by atoms with van der Waals surface area (Å²) >= 11 is 1.73. The molecule has 2 heterocycles. The van der Waals surface area contributed by atoms with Gasteiger partial charge < -0.3 is 14.9 Å². The molecule has 2 aromatic carbocycles. The minimum atomic E-state index is -0.706. The Kier molecular flexibility index (Phi) is 6.06. The predicted octanol–water partition coefficient (Wildman–Crippen LogP) is 4.63. The highest BCUT2D eigenvalue weighted by Crippen LogP contribution is 2.51. The van der Waals surface area contributed by atoms with Crippen molar-refractivity contribution in [2.75, 3.05) is 0 Å². The first kappa shape index (κ1) is 21.8. The second-order valence-corrected chi connectivity index (χ2v) is 10.0. The normalized spacial score (nSPS) is 23.1. The molecular weight excluding hydrogens is 415 g/mol. The van der Waals surface area contributed by atoms with Gasteiger partial charge in [-0.15, -0.1) is 11.8 Å². The van der Waals surface area contributed by atoms with E-state index in [-0.39, 0.29) is 23.3 Å². The number of aliphatic hydroxyl groups is 2. The fraction of sp³-hybridized carbons (Fsp3) is 0.320. The number of fused-ring (bicyclic) bond motifs is 1. The highest BCUT2D eigenvalue weighted by atomic mass is 32.2. The smallest absolute Gasteiger partial charge is 0.309 e. The maximum absolute atomic E-state index is 14.1. The number of carbonyl (C=O) groups is 1. The van der Waals surface area contributed by atoms with Crippen molar-refractivity contribution < 1.29 is 24.1 Å². The van der Waals surface area contributed by atoms with E-state index in [0.717, 1.165) is 27.2 Å². The summed E-state index contributed by atoms with van der Waals surface area (Å²) in [6.45, 7) is 3.85. The van der Waals surface area contributed by atoms with Crippen LogP contribution in [0.1, 0.15) is 43.4 Å². The number of halogens is 1. The molecule has 2 N–H and O–H groups in total. The Bertz CT molecular complexity index is 1070. The highest BCUT2D eigenvalue weighted by molar-refractivity contribution is 8.01. The van der Waals surface area contributed by atoms with Crippen LogP contribution in [0, 0.1) is 5.82 Å². The highest BCUT2D eigenvalue weighted by Gasteiger charge is 2.34. The van der Waals surface area contributed by atoms with E-state index in [4.69, 9.17) is 4.74 Å². The van der Waals surface area contributed by atoms with Gasteiger partial charge in [-0.1, -0.05) is 30.3 Å². The average Bonchev–Trinajstić information content (AvgIpc) is 2.71. The molecule has 2 aliphatic heterocycles. The van der Waals surface area contributed by atoms with Gasteiger partial charge in [-0.2, -0.15) is 0 Å². The standard InChI is InChI=1S/C25H25FO4S/c1-25(2)20(9-8-18-12-17(28)13-23(29)30-18)24(19-5-3-4-6-22(19)31-25)15-7-10-21(26)16(11-15)14-27/h3-11,17-18,27-28H,12-14H2,1-2H3/b9-8+/t17-,18-/m1/s1. The number of thioether (sulfide) groups is 1. The molecule has 0 aliphatic carbocycles. The van der Waals surface area contributed by atoms with Crippen LogP contribution in [0.2, 0.25) is 0 Å². The molecule has 0 saturated carbocycles. The summed E-state index contributed by atoms with van der Waals surface area (Å²) in [4.78, 5) is 12.8. The number of esters is 1. The lowest BCUT2D eigenvalue weighted by Gasteiger charge is -2.35. The van der Waals surface area contributed by atoms with Gasteiger partial charge in [0.25, 0.3) is 0 Å². The number of hydrogen-bond donors (Lipinski definition) is 2. The number of aliphatic hydroxyl groups excluding tert-OH is 2. The van der Waals surface area contributed by atoms with E-state index >= 15 is 0 Å². The van der Waals surface area contributed by atoms with E-state index < -0.39 is 24.0 Å². The number of cyclic esters (lactones) is 1. The number of benzene rings is 2. The lowest BCUT2D eigenvalue weighted by molar-refractivity contribution is -0.156. The largest absolute Gasteiger partial charge is 0.458 e. The van der Waals surface area contributed by atoms with Crippen molar-refractivity contribution >= 4 is 23.3 Å². The van der Waals surface area contributed by atoms with Crippen molar-refractivity contribution in [3.8, 4) is 0 Å². The van der Waals surface area contributed by atoms with Gasteiger partial charge in [-0.3, -0.25) is 4.79 Å². The van der Waals surface area contributed by atoms with Gasteiger partial charge in [0, 0.05) is 21.6 Å². The van der Waals surface area contributed by atoms with Crippen molar-refractivity contribution in [2.45, 2.75) is 55.1 Å². The van der Waals surface area contributed by atoms with Crippen LogP contribution in [0.4, 0.5) is 4.39 Å². The molecule has 0 radical (unpaired) electrons. The summed E-state index contributed by atoms with van der Waals surface area (Å²) in [6, 6.07) is 12.9. The molecule has 2 atom stereocenters. The monoisotopic (exact) mass is 440 g/mol. The predicted molar refractivity (Wildman–Crippen MR) is 119 cm³/mol. The van der Waals surface area contributed by atoms with E-state index in [9.17, 15) is 19.4 Å². The van der Waals surface area contributed by atoms with E-state index in [1.54, 1.807) is 23.9 Å². The van der Waals surface area contributed by atoms with Crippen LogP contribution < -0.4 is 0 Å². The molecule has 4 nitrogen and oxygen atoms in total. The van der Waals surface area contributed by atoms with Crippen molar-refractivity contribution in [2.24, 2.45) is 0 Å². The quantitative estimate of drug-likeness (QED) is 0.679. The van der Waals surface area contributed by atoms with Gasteiger partial charge in [0.15, 0.2) is 0 Å². The molecule has 2 aromatic rings. The molecule has 1 fully saturated rings. The van der Waals surface area contributed by atoms with Crippen molar-refractivity contribution in [3.63, 3.8) is 0 Å². The van der Waals surface area contributed by atoms with Crippen LogP contribution in [-0.2, 0) is 16.1 Å². The Morgan fingerprint density at radius 3 is 2.77 bits per heavy atom. The molecule has 1 saturated heterocycles. The van der Waals surface area contributed by atoms with E-state index in [1.807, 2.05) is 30.4 Å². The molecule has 0 aromatic heterocycles. The zero-order valence-electron chi connectivity index (χ0n) is 17.5. The van der Waals surface area contributed by atoms with Crippen LogP contribution in [0.25, 0.3) is 5.57 Å². The zero-order chi connectivity index (χ0) is 22.2. The van der Waals surface area contributed by atoms with Gasteiger partial charge in [-0.25, -0.2) is 4.39 Å². The van der Waals surface area contributed by atoms with Crippen LogP contribution in [0.15, 0.2) is 65.1 Å². The molecule has 162 valence electrons. The number of ether oxygens (including phenoxy) is 1. The summed E-state index contributed by atoms with van der Waals surface area (Å²) < 4.78 is 19.1. The first-order chi connectivity index (χ1) is 14.8. The Hall–Kier alpha value is -2.41. The SMILES string of the molecule is CC1(C)Sc2ccccc2C(c2ccc(F)c(CO)c2)=C1/C=C/[C@@H]1C[C@@H](O)CC(=O)O1. The average molecular weight is 441 g/mol. The molecule has 6 heteroatoms. The van der Waals surface area contributed by atoms with Crippen LogP contribution in [-0.4, -0.2) is 33.1 Å². The maximum Gasteiger partial charge on any atom is 0.309 e. The Balaban J connectivity index is 1.87. The molecular formula is C25H25FO4S. The van der Waals surface area contributed by atoms with Crippen molar-refractivity contribution in [1.29, 1.82) is 0 Å². The number of carbonyl (C=O) groups excluding carboxylic acids is 1. The minimum Gasteiger partial charge on any atom is -0.458 e. The van der Waals surface area contributed by atoms with Gasteiger partial charge in [0.2, 0.25) is 0 Å². The lowest BCUT2D eigenvalue weighted by atomic mass is 9.85. The molecule has 4 rings (SSSR count). The lowest BCUT2D eigenvalue weighted by Crippen LogP contribution is -2.31. The fourth-order valence-electron chi connectivity index (χ4n) is 4.11. The first-order valence-corrected chi connectivity index (χ1v) is 11.1. The first-order valence-electron chi connectivity index (χ1n) is 10.3. The second kappa shape index (κ2) is 8.61. The fourth-order valence-corrected chi connectivity index (χ4v) is 5.37. The van der Waals surface area contributed by atoms with Crippen LogP contribution >= 0.6 is 11.8 Å².